The first kappa shape index (κ1) is 6.38. The summed E-state index contributed by atoms with van der Waals surface area (Å²) in [5.41, 5.74) is 0. The van der Waals surface area contributed by atoms with E-state index < -0.39 is 3.67 Å². The number of thioether (sulfide) groups is 1. The van der Waals surface area contributed by atoms with Crippen molar-refractivity contribution in [3.05, 3.63) is 12.2 Å². The molecule has 0 radical (unpaired) electrons. The Hall–Kier alpha value is 0.670. The van der Waals surface area contributed by atoms with Gasteiger partial charge in [-0.1, -0.05) is 35.4 Å². The van der Waals surface area contributed by atoms with Crippen LogP contribution in [0.25, 0.3) is 0 Å². The molecule has 0 nitrogen and oxygen atoms in total. The molecule has 2 rings (SSSR count). The quantitative estimate of drug-likeness (QED) is 0.409. The van der Waals surface area contributed by atoms with Crippen LogP contribution in [-0.4, -0.2) is 8.92 Å². The summed E-state index contributed by atoms with van der Waals surface area (Å²) in [6.07, 6.45) is 5.46. The fraction of sp³-hybridized carbons (Fsp3) is 0.667. The number of rotatable bonds is 0. The SMILES string of the molecule is ClC1(Cl)SC2C=CC1C2. The van der Waals surface area contributed by atoms with Crippen LogP contribution in [0.4, 0.5) is 0 Å². The van der Waals surface area contributed by atoms with Gasteiger partial charge in [-0.15, -0.1) is 11.8 Å². The van der Waals surface area contributed by atoms with E-state index in [2.05, 4.69) is 12.2 Å². The first-order valence-corrected chi connectivity index (χ1v) is 4.56. The monoisotopic (exact) mass is 180 g/mol. The van der Waals surface area contributed by atoms with Crippen molar-refractivity contribution in [2.45, 2.75) is 15.3 Å². The molecule has 0 amide bonds. The molecule has 1 aliphatic carbocycles. The molecule has 0 aromatic heterocycles. The van der Waals surface area contributed by atoms with Gasteiger partial charge in [0.1, 0.15) is 0 Å². The molecule has 0 N–H and O–H groups in total. The molecule has 3 heteroatoms. The van der Waals surface area contributed by atoms with E-state index in [9.17, 15) is 0 Å². The molecule has 2 atom stereocenters. The van der Waals surface area contributed by atoms with Crippen LogP contribution in [0.2, 0.25) is 0 Å². The number of allylic oxidation sites excluding steroid dienone is 1. The van der Waals surface area contributed by atoms with Crippen LogP contribution in [0.15, 0.2) is 12.2 Å². The van der Waals surface area contributed by atoms with Gasteiger partial charge in [0.2, 0.25) is 0 Å². The highest BCUT2D eigenvalue weighted by Crippen LogP contribution is 2.57. The summed E-state index contributed by atoms with van der Waals surface area (Å²) in [6, 6.07) is 0. The fourth-order valence-corrected chi connectivity index (χ4v) is 3.53. The molecule has 0 aromatic carbocycles. The Labute approximate surface area is 68.6 Å². The van der Waals surface area contributed by atoms with Crippen molar-refractivity contribution in [3.63, 3.8) is 0 Å². The average molecular weight is 181 g/mol. The third-order valence-electron chi connectivity index (χ3n) is 1.78. The van der Waals surface area contributed by atoms with Crippen molar-refractivity contribution in [2.75, 3.05) is 0 Å². The van der Waals surface area contributed by atoms with Gasteiger partial charge >= 0.3 is 0 Å². The second kappa shape index (κ2) is 1.84. The Balaban J connectivity index is 2.29. The molecule has 2 unspecified atom stereocenters. The Morgan fingerprint density at radius 3 is 2.44 bits per heavy atom. The van der Waals surface area contributed by atoms with Crippen LogP contribution in [0.1, 0.15) is 6.42 Å². The van der Waals surface area contributed by atoms with Crippen LogP contribution in [0.5, 0.6) is 0 Å². The molecule has 9 heavy (non-hydrogen) atoms. The highest BCUT2D eigenvalue weighted by Gasteiger charge is 2.46. The number of hydrogen-bond donors (Lipinski definition) is 0. The van der Waals surface area contributed by atoms with Gasteiger partial charge in [0.05, 0.1) is 0 Å². The molecule has 1 saturated heterocycles. The van der Waals surface area contributed by atoms with Crippen molar-refractivity contribution in [1.29, 1.82) is 0 Å². The molecule has 50 valence electrons. The largest absolute Gasteiger partial charge is 0.170 e. The molecular weight excluding hydrogens is 175 g/mol. The summed E-state index contributed by atoms with van der Waals surface area (Å²) in [7, 11) is 0. The van der Waals surface area contributed by atoms with E-state index >= 15 is 0 Å². The highest BCUT2D eigenvalue weighted by atomic mass is 35.5. The van der Waals surface area contributed by atoms with E-state index in [1.54, 1.807) is 11.8 Å². The number of alkyl halides is 2. The summed E-state index contributed by atoms with van der Waals surface area (Å²) in [5, 5.41) is 0.588. The zero-order chi connectivity index (χ0) is 6.48. The van der Waals surface area contributed by atoms with Gasteiger partial charge in [-0.05, 0) is 6.42 Å². The van der Waals surface area contributed by atoms with Crippen molar-refractivity contribution >= 4 is 35.0 Å². The Morgan fingerprint density at radius 1 is 1.44 bits per heavy atom. The van der Waals surface area contributed by atoms with E-state index in [4.69, 9.17) is 23.2 Å². The van der Waals surface area contributed by atoms with Gasteiger partial charge in [0, 0.05) is 11.2 Å². The van der Waals surface area contributed by atoms with Crippen molar-refractivity contribution in [1.82, 2.24) is 0 Å². The summed E-state index contributed by atoms with van der Waals surface area (Å²) in [6.45, 7) is 0. The van der Waals surface area contributed by atoms with E-state index in [1.807, 2.05) is 0 Å². The summed E-state index contributed by atoms with van der Waals surface area (Å²) >= 11 is 13.5. The average Bonchev–Trinajstić information content (AvgIpc) is 2.19. The number of halogens is 2. The Bertz CT molecular complexity index is 164. The molecule has 0 spiro atoms. The van der Waals surface area contributed by atoms with Gasteiger partial charge in [0.15, 0.2) is 3.67 Å². The summed E-state index contributed by atoms with van der Waals surface area (Å²) in [4.78, 5) is 0. The van der Waals surface area contributed by atoms with Crippen LogP contribution in [0, 0.1) is 5.92 Å². The maximum atomic E-state index is 5.94. The third-order valence-corrected chi connectivity index (χ3v) is 4.15. The van der Waals surface area contributed by atoms with Crippen molar-refractivity contribution in [3.8, 4) is 0 Å². The smallest absolute Gasteiger partial charge is 0.115 e. The lowest BCUT2D eigenvalue weighted by molar-refractivity contribution is 0.697. The zero-order valence-corrected chi connectivity index (χ0v) is 7.01. The number of fused-ring (bicyclic) bond motifs is 2. The van der Waals surface area contributed by atoms with Gasteiger partial charge < -0.3 is 0 Å². The molecule has 2 bridgehead atoms. The Kier molecular flexibility index (Phi) is 1.30. The predicted octanol–water partition coefficient (Wildman–Crippen LogP) is 2.81. The lowest BCUT2D eigenvalue weighted by Crippen LogP contribution is -2.13. The molecule has 0 aromatic rings. The van der Waals surface area contributed by atoms with Crippen LogP contribution in [-0.2, 0) is 0 Å². The zero-order valence-electron chi connectivity index (χ0n) is 4.68. The summed E-state index contributed by atoms with van der Waals surface area (Å²) < 4.78 is -0.514. The maximum absolute atomic E-state index is 5.94. The van der Waals surface area contributed by atoms with Gasteiger partial charge in [0.25, 0.3) is 0 Å². The van der Waals surface area contributed by atoms with E-state index in [0.29, 0.717) is 11.2 Å². The maximum Gasteiger partial charge on any atom is 0.170 e. The molecule has 1 fully saturated rings. The van der Waals surface area contributed by atoms with Crippen LogP contribution in [0.3, 0.4) is 0 Å². The molecular formula is C6H6Cl2S. The van der Waals surface area contributed by atoms with Gasteiger partial charge in [-0.25, -0.2) is 0 Å². The predicted molar refractivity (Wildman–Crippen MR) is 43.1 cm³/mol. The molecule has 1 heterocycles. The molecule has 0 saturated carbocycles. The minimum Gasteiger partial charge on any atom is -0.115 e. The van der Waals surface area contributed by atoms with Gasteiger partial charge in [-0.3, -0.25) is 0 Å². The minimum atomic E-state index is -0.514. The van der Waals surface area contributed by atoms with Gasteiger partial charge in [-0.2, -0.15) is 0 Å². The lowest BCUT2D eigenvalue weighted by Gasteiger charge is -2.18. The fourth-order valence-electron chi connectivity index (χ4n) is 1.29. The number of hydrogen-bond acceptors (Lipinski definition) is 1. The second-order valence-corrected chi connectivity index (χ2v) is 5.76. The highest BCUT2D eigenvalue weighted by molar-refractivity contribution is 8.04. The van der Waals surface area contributed by atoms with E-state index in [1.165, 1.54) is 0 Å². The molecule has 1 aliphatic heterocycles. The minimum absolute atomic E-state index is 0.399. The van der Waals surface area contributed by atoms with E-state index in [-0.39, 0.29) is 0 Å². The first-order valence-electron chi connectivity index (χ1n) is 2.92. The second-order valence-electron chi connectivity index (χ2n) is 2.45. The standard InChI is InChI=1S/C6H6Cl2S/c7-6(8)4-1-2-5(3-4)9-6/h1-2,4-5H,3H2. The third kappa shape index (κ3) is 0.903. The van der Waals surface area contributed by atoms with Crippen molar-refractivity contribution < 1.29 is 0 Å². The van der Waals surface area contributed by atoms with Crippen molar-refractivity contribution in [2.24, 2.45) is 5.92 Å². The lowest BCUT2D eigenvalue weighted by atomic mass is 10.2. The topological polar surface area (TPSA) is 0 Å². The van der Waals surface area contributed by atoms with Crippen LogP contribution >= 0.6 is 35.0 Å². The molecule has 2 aliphatic rings. The normalized spacial score (nSPS) is 44.2. The first-order chi connectivity index (χ1) is 4.18. The van der Waals surface area contributed by atoms with Crippen LogP contribution < -0.4 is 0 Å². The summed E-state index contributed by atoms with van der Waals surface area (Å²) in [5.74, 6) is 0.399. The Morgan fingerprint density at radius 2 is 2.22 bits per heavy atom. The van der Waals surface area contributed by atoms with E-state index in [0.717, 1.165) is 6.42 Å².